The second-order valence-corrected chi connectivity index (χ2v) is 6.18. The van der Waals surface area contributed by atoms with Gasteiger partial charge in [0.1, 0.15) is 6.61 Å². The normalized spacial score (nSPS) is 15.0. The molecule has 1 aliphatic rings. The third-order valence-electron chi connectivity index (χ3n) is 3.80. The number of aromatic nitrogens is 2. The van der Waals surface area contributed by atoms with Crippen LogP contribution in [0.1, 0.15) is 52.8 Å². The molecule has 1 saturated carbocycles. The topological polar surface area (TPSA) is 61.3 Å². The van der Waals surface area contributed by atoms with Crippen LogP contribution >= 0.6 is 11.3 Å². The summed E-state index contributed by atoms with van der Waals surface area (Å²) < 4.78 is 10.4. The van der Waals surface area contributed by atoms with Gasteiger partial charge in [0.05, 0.1) is 17.8 Å². The number of esters is 1. The van der Waals surface area contributed by atoms with Crippen molar-refractivity contribution in [2.24, 2.45) is 0 Å². The summed E-state index contributed by atoms with van der Waals surface area (Å²) in [7, 11) is 1.33. The van der Waals surface area contributed by atoms with E-state index in [0.717, 1.165) is 5.69 Å². The number of thiazole rings is 1. The number of pyridine rings is 1. The smallest absolute Gasteiger partial charge is 0.360 e. The molecule has 0 N–H and O–H groups in total. The first-order valence-electron chi connectivity index (χ1n) is 7.38. The molecule has 2 aromatic heterocycles. The molecule has 0 unspecified atom stereocenters. The van der Waals surface area contributed by atoms with E-state index in [2.05, 4.69) is 9.97 Å². The van der Waals surface area contributed by atoms with E-state index in [1.807, 2.05) is 5.38 Å². The summed E-state index contributed by atoms with van der Waals surface area (Å²) in [6.45, 7) is 0.332. The van der Waals surface area contributed by atoms with Crippen molar-refractivity contribution in [3.05, 3.63) is 40.1 Å². The van der Waals surface area contributed by atoms with Gasteiger partial charge in [-0.1, -0.05) is 12.8 Å². The van der Waals surface area contributed by atoms with Crippen LogP contribution in [0, 0.1) is 0 Å². The summed E-state index contributed by atoms with van der Waals surface area (Å²) in [6, 6.07) is 3.44. The van der Waals surface area contributed by atoms with Gasteiger partial charge >= 0.3 is 5.97 Å². The van der Waals surface area contributed by atoms with Gasteiger partial charge in [0.15, 0.2) is 11.4 Å². The highest BCUT2D eigenvalue weighted by atomic mass is 32.1. The van der Waals surface area contributed by atoms with Crippen molar-refractivity contribution >= 4 is 17.3 Å². The minimum absolute atomic E-state index is 0.191. The molecule has 6 heteroatoms. The number of carbonyl (C=O) groups is 1. The first kappa shape index (κ1) is 15.0. The molecule has 1 fully saturated rings. The van der Waals surface area contributed by atoms with Crippen molar-refractivity contribution in [2.75, 3.05) is 7.11 Å². The molecular formula is C16H18N2O3S. The largest absolute Gasteiger partial charge is 0.485 e. The maximum Gasteiger partial charge on any atom is 0.360 e. The average molecular weight is 318 g/mol. The Bertz CT molecular complexity index is 650. The standard InChI is InChI=1S/C16H18N2O3S/c1-20-16(19)14-13(7-4-8-17-14)21-9-12-10-22-15(18-12)11-5-2-3-6-11/h4,7-8,10-11H,2-3,5-6,9H2,1H3. The number of rotatable bonds is 5. The van der Waals surface area contributed by atoms with Gasteiger partial charge in [0.2, 0.25) is 0 Å². The van der Waals surface area contributed by atoms with Gasteiger partial charge in [-0.05, 0) is 25.0 Å². The molecule has 0 aromatic carbocycles. The molecule has 0 saturated heterocycles. The van der Waals surface area contributed by atoms with Crippen molar-refractivity contribution in [3.63, 3.8) is 0 Å². The number of hydrogen-bond acceptors (Lipinski definition) is 6. The lowest BCUT2D eigenvalue weighted by Crippen LogP contribution is -2.08. The van der Waals surface area contributed by atoms with Crippen LogP contribution in [0.4, 0.5) is 0 Å². The Labute approximate surface area is 133 Å². The van der Waals surface area contributed by atoms with Gasteiger partial charge in [-0.15, -0.1) is 11.3 Å². The second-order valence-electron chi connectivity index (χ2n) is 5.29. The Kier molecular flexibility index (Phi) is 4.68. The van der Waals surface area contributed by atoms with Gasteiger partial charge in [-0.3, -0.25) is 0 Å². The fourth-order valence-electron chi connectivity index (χ4n) is 2.66. The molecule has 2 aromatic rings. The molecular weight excluding hydrogens is 300 g/mol. The van der Waals surface area contributed by atoms with E-state index in [9.17, 15) is 4.79 Å². The van der Waals surface area contributed by atoms with E-state index in [1.54, 1.807) is 29.7 Å². The summed E-state index contributed by atoms with van der Waals surface area (Å²) in [6.07, 6.45) is 6.62. The van der Waals surface area contributed by atoms with Gasteiger partial charge in [0, 0.05) is 17.5 Å². The summed E-state index contributed by atoms with van der Waals surface area (Å²) in [4.78, 5) is 20.3. The minimum Gasteiger partial charge on any atom is -0.485 e. The van der Waals surface area contributed by atoms with Gasteiger partial charge in [0.25, 0.3) is 0 Å². The first-order valence-corrected chi connectivity index (χ1v) is 8.26. The number of methoxy groups -OCH3 is 1. The second kappa shape index (κ2) is 6.87. The van der Waals surface area contributed by atoms with Crippen LogP contribution in [0.15, 0.2) is 23.7 Å². The van der Waals surface area contributed by atoms with E-state index < -0.39 is 5.97 Å². The van der Waals surface area contributed by atoms with Crippen LogP contribution < -0.4 is 4.74 Å². The van der Waals surface area contributed by atoms with E-state index in [-0.39, 0.29) is 5.69 Å². The fourth-order valence-corrected chi connectivity index (χ4v) is 3.63. The Morgan fingerprint density at radius 3 is 3.00 bits per heavy atom. The third-order valence-corrected chi connectivity index (χ3v) is 4.85. The molecule has 0 atom stereocenters. The zero-order chi connectivity index (χ0) is 15.4. The Hall–Kier alpha value is -1.95. The summed E-state index contributed by atoms with van der Waals surface area (Å²) in [5.74, 6) is 0.535. The van der Waals surface area contributed by atoms with E-state index in [4.69, 9.17) is 9.47 Å². The quantitative estimate of drug-likeness (QED) is 0.789. The zero-order valence-corrected chi connectivity index (χ0v) is 13.3. The number of nitrogens with zero attached hydrogens (tertiary/aromatic N) is 2. The molecule has 1 aliphatic carbocycles. The van der Waals surface area contributed by atoms with Crippen LogP contribution in [0.2, 0.25) is 0 Å². The Morgan fingerprint density at radius 1 is 1.41 bits per heavy atom. The molecule has 0 aliphatic heterocycles. The maximum atomic E-state index is 11.6. The van der Waals surface area contributed by atoms with Crippen molar-refractivity contribution in [3.8, 4) is 5.75 Å². The molecule has 0 amide bonds. The predicted octanol–water partition coefficient (Wildman–Crippen LogP) is 3.56. The number of carbonyl (C=O) groups excluding carboxylic acids is 1. The molecule has 2 heterocycles. The Balaban J connectivity index is 1.66. The van der Waals surface area contributed by atoms with Gasteiger partial charge in [-0.25, -0.2) is 14.8 Å². The van der Waals surface area contributed by atoms with Crippen LogP contribution in [0.5, 0.6) is 5.75 Å². The minimum atomic E-state index is -0.500. The average Bonchev–Trinajstić information content (AvgIpc) is 3.23. The highest BCUT2D eigenvalue weighted by Gasteiger charge is 2.20. The van der Waals surface area contributed by atoms with E-state index in [0.29, 0.717) is 18.3 Å². The molecule has 0 radical (unpaired) electrons. The maximum absolute atomic E-state index is 11.6. The molecule has 0 spiro atoms. The molecule has 3 rings (SSSR count). The summed E-state index contributed by atoms with van der Waals surface area (Å²) in [5, 5.41) is 3.23. The SMILES string of the molecule is COC(=O)c1ncccc1OCc1csc(C2CCCC2)n1. The molecule has 5 nitrogen and oxygen atoms in total. The fraction of sp³-hybridized carbons (Fsp3) is 0.438. The summed E-state index contributed by atoms with van der Waals surface area (Å²) in [5.41, 5.74) is 1.09. The zero-order valence-electron chi connectivity index (χ0n) is 12.4. The number of hydrogen-bond donors (Lipinski definition) is 0. The third kappa shape index (κ3) is 3.27. The lowest BCUT2D eigenvalue weighted by molar-refractivity contribution is 0.0588. The molecule has 22 heavy (non-hydrogen) atoms. The highest BCUT2D eigenvalue weighted by Crippen LogP contribution is 2.35. The van der Waals surface area contributed by atoms with Crippen molar-refractivity contribution in [1.29, 1.82) is 0 Å². The van der Waals surface area contributed by atoms with Gasteiger partial charge < -0.3 is 9.47 Å². The van der Waals surface area contributed by atoms with E-state index >= 15 is 0 Å². The first-order chi connectivity index (χ1) is 10.8. The van der Waals surface area contributed by atoms with E-state index in [1.165, 1.54) is 37.8 Å². The van der Waals surface area contributed by atoms with Crippen LogP contribution in [0.3, 0.4) is 0 Å². The number of ether oxygens (including phenoxy) is 2. The Morgan fingerprint density at radius 2 is 2.23 bits per heavy atom. The lowest BCUT2D eigenvalue weighted by Gasteiger charge is -2.08. The van der Waals surface area contributed by atoms with Crippen molar-refractivity contribution < 1.29 is 14.3 Å². The monoisotopic (exact) mass is 318 g/mol. The van der Waals surface area contributed by atoms with Crippen molar-refractivity contribution in [1.82, 2.24) is 9.97 Å². The summed E-state index contributed by atoms with van der Waals surface area (Å²) >= 11 is 1.70. The lowest BCUT2D eigenvalue weighted by atomic mass is 10.1. The van der Waals surface area contributed by atoms with Crippen LogP contribution in [0.25, 0.3) is 0 Å². The van der Waals surface area contributed by atoms with Crippen molar-refractivity contribution in [2.45, 2.75) is 38.2 Å². The predicted molar refractivity (Wildman–Crippen MR) is 83.2 cm³/mol. The molecule has 116 valence electrons. The van der Waals surface area contributed by atoms with Crippen LogP contribution in [-0.2, 0) is 11.3 Å². The van der Waals surface area contributed by atoms with Crippen LogP contribution in [-0.4, -0.2) is 23.0 Å². The molecule has 0 bridgehead atoms. The van der Waals surface area contributed by atoms with Gasteiger partial charge in [-0.2, -0.15) is 0 Å². The highest BCUT2D eigenvalue weighted by molar-refractivity contribution is 7.09.